The Balaban J connectivity index is 0.000000387. The molecule has 0 radical (unpaired) electrons. The molecule has 0 saturated heterocycles. The Morgan fingerprint density at radius 1 is 0.926 bits per heavy atom. The lowest BCUT2D eigenvalue weighted by atomic mass is 10.2. The third kappa shape index (κ3) is 7.85. The van der Waals surface area contributed by atoms with Crippen LogP contribution < -0.4 is 15.6 Å². The number of benzene rings is 2. The number of nitrogens with two attached hydrogens (primary N) is 1. The van der Waals surface area contributed by atoms with Gasteiger partial charge in [0.25, 0.3) is 0 Å². The van der Waals surface area contributed by atoms with Crippen molar-refractivity contribution >= 4 is 21.5 Å². The third-order valence-electron chi connectivity index (χ3n) is 2.87. The smallest absolute Gasteiger partial charge is 0.488 e. The highest BCUT2D eigenvalue weighted by Gasteiger charge is 2.44. The summed E-state index contributed by atoms with van der Waals surface area (Å²) in [5.41, 5.74) is -3.85. The molecule has 0 aliphatic heterocycles. The predicted molar refractivity (Wildman–Crippen MR) is 97.2 cm³/mol. The molecule has 0 aliphatic carbocycles. The van der Waals surface area contributed by atoms with E-state index in [-0.39, 0.29) is 5.60 Å². The minimum Gasteiger partial charge on any atom is -0.488 e. The fraction of sp³-hybridized carbons (Fsp3) is 0.294. The summed E-state index contributed by atoms with van der Waals surface area (Å²) in [4.78, 5) is 0. The number of rotatable bonds is 3. The molecule has 10 heteroatoms. The molecule has 0 spiro atoms. The first-order chi connectivity index (χ1) is 12.2. The van der Waals surface area contributed by atoms with Crippen LogP contribution in [0.2, 0.25) is 0 Å². The summed E-state index contributed by atoms with van der Waals surface area (Å²) in [6, 6.07) is 17.6. The van der Waals surface area contributed by atoms with Gasteiger partial charge in [0.05, 0.1) is 11.4 Å². The number of hydrazine groups is 1. The highest BCUT2D eigenvalue weighted by molar-refractivity contribution is 7.86. The molecule has 2 aromatic carbocycles. The van der Waals surface area contributed by atoms with Gasteiger partial charge in [0.15, 0.2) is 0 Å². The zero-order chi connectivity index (χ0) is 20.9. The van der Waals surface area contributed by atoms with E-state index in [0.29, 0.717) is 0 Å². The summed E-state index contributed by atoms with van der Waals surface area (Å²) in [5, 5.41) is 1.65. The number of hydrogen-bond acceptors (Lipinski definition) is 5. The van der Waals surface area contributed by atoms with Crippen molar-refractivity contribution in [2.24, 2.45) is 5.84 Å². The molecule has 150 valence electrons. The van der Waals surface area contributed by atoms with Gasteiger partial charge >= 0.3 is 15.6 Å². The van der Waals surface area contributed by atoms with Gasteiger partial charge < -0.3 is 4.74 Å². The van der Waals surface area contributed by atoms with Gasteiger partial charge in [-0.1, -0.05) is 18.2 Å². The fourth-order valence-corrected chi connectivity index (χ4v) is 1.77. The molecule has 0 atom stereocenters. The first-order valence-corrected chi connectivity index (χ1v) is 9.07. The zero-order valence-corrected chi connectivity index (χ0v) is 15.8. The van der Waals surface area contributed by atoms with E-state index < -0.39 is 15.6 Å². The second kappa shape index (κ2) is 8.59. The Kier molecular flexibility index (Phi) is 7.24. The van der Waals surface area contributed by atoms with Crippen LogP contribution >= 0.6 is 0 Å². The minimum atomic E-state index is -5.84. The topological polar surface area (TPSA) is 92.9 Å². The first-order valence-electron chi connectivity index (χ1n) is 7.63. The molecular weight excluding hydrogens is 385 g/mol. The minimum absolute atomic E-state index is 0.191. The van der Waals surface area contributed by atoms with Gasteiger partial charge in [0.1, 0.15) is 11.4 Å². The average molecular weight is 406 g/mol. The summed E-state index contributed by atoms with van der Waals surface area (Å²) >= 11 is 0. The molecule has 0 bridgehead atoms. The molecule has 2 aromatic rings. The number of nitrogens with zero attached hydrogens (tertiary/aromatic N) is 1. The summed E-state index contributed by atoms with van der Waals surface area (Å²) < 4.78 is 63.3. The lowest BCUT2D eigenvalue weighted by Crippen LogP contribution is -2.25. The van der Waals surface area contributed by atoms with Crippen LogP contribution in [0.4, 0.5) is 24.5 Å². The lowest BCUT2D eigenvalue weighted by Gasteiger charge is -2.22. The van der Waals surface area contributed by atoms with Crippen molar-refractivity contribution in [2.45, 2.75) is 31.9 Å². The van der Waals surface area contributed by atoms with E-state index in [2.05, 4.69) is 0 Å². The van der Waals surface area contributed by atoms with Crippen LogP contribution in [0.1, 0.15) is 20.8 Å². The summed E-state index contributed by atoms with van der Waals surface area (Å²) in [5.74, 6) is 6.93. The van der Waals surface area contributed by atoms with Gasteiger partial charge in [-0.3, -0.25) is 9.56 Å². The van der Waals surface area contributed by atoms with E-state index in [0.717, 1.165) is 17.1 Å². The normalized spacial score (nSPS) is 12.0. The van der Waals surface area contributed by atoms with E-state index in [1.54, 1.807) is 5.01 Å². The van der Waals surface area contributed by atoms with Gasteiger partial charge in [-0.05, 0) is 57.2 Å². The van der Waals surface area contributed by atoms with Gasteiger partial charge in [-0.2, -0.15) is 21.6 Å². The molecule has 2 rings (SSSR count). The average Bonchev–Trinajstić information content (AvgIpc) is 2.53. The highest BCUT2D eigenvalue weighted by atomic mass is 32.2. The van der Waals surface area contributed by atoms with Crippen LogP contribution in [0.5, 0.6) is 5.75 Å². The number of anilines is 2. The largest absolute Gasteiger partial charge is 0.522 e. The van der Waals surface area contributed by atoms with E-state index in [1.165, 1.54) is 0 Å². The first kappa shape index (κ1) is 22.7. The molecule has 27 heavy (non-hydrogen) atoms. The number of para-hydroxylation sites is 1. The van der Waals surface area contributed by atoms with Crippen LogP contribution in [0, 0.1) is 0 Å². The molecule has 0 heterocycles. The number of ether oxygens (including phenoxy) is 1. The monoisotopic (exact) mass is 406 g/mol. The molecule has 0 aliphatic rings. The molecule has 0 fully saturated rings. The van der Waals surface area contributed by atoms with Crippen molar-refractivity contribution in [1.29, 1.82) is 0 Å². The zero-order valence-electron chi connectivity index (χ0n) is 14.9. The van der Waals surface area contributed by atoms with Crippen LogP contribution in [-0.4, -0.2) is 24.1 Å². The van der Waals surface area contributed by atoms with Crippen molar-refractivity contribution in [3.8, 4) is 5.75 Å². The van der Waals surface area contributed by atoms with Crippen molar-refractivity contribution in [1.82, 2.24) is 0 Å². The third-order valence-corrected chi connectivity index (χ3v) is 3.45. The Labute approximate surface area is 156 Å². The standard InChI is InChI=1S/C16H20N2O.CHF3O3S/c1-16(2,3)19-15-11-9-14(10-12-15)18(17)13-7-5-4-6-8-13;2-1(3,4)8(5,6)7/h4-12H,17H2,1-3H3;(H,5,6,7). The molecular formula is C17H21F3N2O4S. The van der Waals surface area contributed by atoms with Crippen LogP contribution in [0.3, 0.4) is 0 Å². The lowest BCUT2D eigenvalue weighted by molar-refractivity contribution is -0.0510. The second-order valence-corrected chi connectivity index (χ2v) is 7.75. The number of halogens is 3. The van der Waals surface area contributed by atoms with Crippen LogP contribution in [-0.2, 0) is 10.1 Å². The van der Waals surface area contributed by atoms with E-state index in [4.69, 9.17) is 23.6 Å². The van der Waals surface area contributed by atoms with Crippen LogP contribution in [0.25, 0.3) is 0 Å². The number of hydrogen-bond donors (Lipinski definition) is 2. The number of alkyl halides is 3. The second-order valence-electron chi connectivity index (χ2n) is 6.33. The summed E-state index contributed by atoms with van der Waals surface area (Å²) in [6.45, 7) is 6.08. The maximum atomic E-state index is 10.7. The van der Waals surface area contributed by atoms with Gasteiger partial charge in [-0.15, -0.1) is 0 Å². The Morgan fingerprint density at radius 2 is 1.33 bits per heavy atom. The fourth-order valence-electron chi connectivity index (χ4n) is 1.77. The molecule has 0 unspecified atom stereocenters. The highest BCUT2D eigenvalue weighted by Crippen LogP contribution is 2.25. The molecule has 6 nitrogen and oxygen atoms in total. The maximum Gasteiger partial charge on any atom is 0.522 e. The van der Waals surface area contributed by atoms with Crippen molar-refractivity contribution < 1.29 is 30.9 Å². The van der Waals surface area contributed by atoms with E-state index in [9.17, 15) is 13.2 Å². The van der Waals surface area contributed by atoms with Crippen molar-refractivity contribution in [2.75, 3.05) is 5.01 Å². The maximum absolute atomic E-state index is 10.7. The van der Waals surface area contributed by atoms with Gasteiger partial charge in [0, 0.05) is 0 Å². The Morgan fingerprint density at radius 3 is 1.70 bits per heavy atom. The SMILES string of the molecule is CC(C)(C)Oc1ccc(N(N)c2ccccc2)cc1.O=S(=O)(O)C(F)(F)F. The van der Waals surface area contributed by atoms with Crippen LogP contribution in [0.15, 0.2) is 54.6 Å². The van der Waals surface area contributed by atoms with Crippen molar-refractivity contribution in [3.63, 3.8) is 0 Å². The quantitative estimate of drug-likeness (QED) is 0.342. The summed E-state index contributed by atoms with van der Waals surface area (Å²) in [7, 11) is -5.84. The van der Waals surface area contributed by atoms with E-state index >= 15 is 0 Å². The molecule has 0 amide bonds. The van der Waals surface area contributed by atoms with E-state index in [1.807, 2.05) is 75.4 Å². The van der Waals surface area contributed by atoms with Gasteiger partial charge in [0.2, 0.25) is 0 Å². The van der Waals surface area contributed by atoms with Crippen molar-refractivity contribution in [3.05, 3.63) is 54.6 Å². The Hall–Kier alpha value is -2.30. The molecule has 0 aromatic heterocycles. The molecule has 0 saturated carbocycles. The van der Waals surface area contributed by atoms with Gasteiger partial charge in [-0.25, -0.2) is 5.84 Å². The predicted octanol–water partition coefficient (Wildman–Crippen LogP) is 4.27. The molecule has 3 N–H and O–H groups in total. The Bertz CT molecular complexity index is 818. The summed E-state index contributed by atoms with van der Waals surface area (Å²) in [6.07, 6.45) is 0.